The van der Waals surface area contributed by atoms with Gasteiger partial charge in [-0.2, -0.15) is 5.26 Å². The van der Waals surface area contributed by atoms with E-state index < -0.39 is 6.36 Å². The molecule has 1 aromatic heterocycles. The van der Waals surface area contributed by atoms with Gasteiger partial charge in [-0.25, -0.2) is 4.98 Å². The summed E-state index contributed by atoms with van der Waals surface area (Å²) in [6.45, 7) is 0. The van der Waals surface area contributed by atoms with Gasteiger partial charge in [0, 0.05) is 5.56 Å². The average Bonchev–Trinajstić information content (AvgIpc) is 2.40. The molecular formula is C14H8ClF3N2O. The third-order valence-electron chi connectivity index (χ3n) is 2.58. The number of benzene rings is 1. The van der Waals surface area contributed by atoms with Gasteiger partial charge in [0.25, 0.3) is 0 Å². The lowest BCUT2D eigenvalue weighted by molar-refractivity contribution is -0.274. The molecule has 0 radical (unpaired) electrons. The number of pyridine rings is 1. The minimum absolute atomic E-state index is 0.125. The summed E-state index contributed by atoms with van der Waals surface area (Å²) in [5.74, 6) is -0.324. The molecule has 0 atom stereocenters. The Balaban J connectivity index is 2.35. The molecule has 0 bridgehead atoms. The van der Waals surface area contributed by atoms with Crippen molar-refractivity contribution in [1.29, 1.82) is 5.26 Å². The van der Waals surface area contributed by atoms with Crippen molar-refractivity contribution in [2.45, 2.75) is 12.8 Å². The van der Waals surface area contributed by atoms with E-state index in [1.807, 2.05) is 6.07 Å². The standard InChI is InChI=1S/C14H8ClF3N2O/c15-12-6-3-10(7-8-19)13(20-12)9-1-4-11(5-2-9)21-14(16,17)18/h1-6H,7H2. The van der Waals surface area contributed by atoms with E-state index in [1.165, 1.54) is 24.3 Å². The number of nitriles is 1. The van der Waals surface area contributed by atoms with E-state index in [2.05, 4.69) is 9.72 Å². The van der Waals surface area contributed by atoms with Crippen molar-refractivity contribution in [1.82, 2.24) is 4.98 Å². The fourth-order valence-corrected chi connectivity index (χ4v) is 1.90. The Hall–Kier alpha value is -2.26. The Morgan fingerprint density at radius 3 is 2.38 bits per heavy atom. The van der Waals surface area contributed by atoms with Crippen LogP contribution in [0.3, 0.4) is 0 Å². The monoisotopic (exact) mass is 312 g/mol. The molecular weight excluding hydrogens is 305 g/mol. The van der Waals surface area contributed by atoms with Crippen LogP contribution in [0.5, 0.6) is 5.75 Å². The van der Waals surface area contributed by atoms with Gasteiger partial charge in [0.15, 0.2) is 0 Å². The molecule has 108 valence electrons. The largest absolute Gasteiger partial charge is 0.573 e. The lowest BCUT2D eigenvalue weighted by atomic mass is 10.0. The zero-order chi connectivity index (χ0) is 15.5. The van der Waals surface area contributed by atoms with Crippen molar-refractivity contribution in [2.24, 2.45) is 0 Å². The highest BCUT2D eigenvalue weighted by Gasteiger charge is 2.31. The molecule has 0 unspecified atom stereocenters. The van der Waals surface area contributed by atoms with Crippen LogP contribution in [-0.2, 0) is 6.42 Å². The second-order valence-corrected chi connectivity index (χ2v) is 4.44. The molecule has 2 aromatic rings. The van der Waals surface area contributed by atoms with E-state index in [0.717, 1.165) is 0 Å². The van der Waals surface area contributed by atoms with E-state index in [-0.39, 0.29) is 17.3 Å². The van der Waals surface area contributed by atoms with Crippen molar-refractivity contribution in [3.63, 3.8) is 0 Å². The van der Waals surface area contributed by atoms with Crippen LogP contribution in [0.25, 0.3) is 11.3 Å². The van der Waals surface area contributed by atoms with Gasteiger partial charge in [-0.1, -0.05) is 17.7 Å². The molecule has 0 amide bonds. The number of aromatic nitrogens is 1. The molecule has 0 saturated heterocycles. The van der Waals surface area contributed by atoms with Gasteiger partial charge in [-0.05, 0) is 35.9 Å². The highest BCUT2D eigenvalue weighted by atomic mass is 35.5. The Morgan fingerprint density at radius 2 is 1.81 bits per heavy atom. The minimum Gasteiger partial charge on any atom is -0.406 e. The topological polar surface area (TPSA) is 45.9 Å². The van der Waals surface area contributed by atoms with Gasteiger partial charge in [-0.3, -0.25) is 0 Å². The summed E-state index contributed by atoms with van der Waals surface area (Å²) < 4.78 is 40.1. The second-order valence-electron chi connectivity index (χ2n) is 4.05. The Bertz CT molecular complexity index is 678. The number of halogens is 4. The van der Waals surface area contributed by atoms with Gasteiger partial charge in [0.1, 0.15) is 10.9 Å². The van der Waals surface area contributed by atoms with Crippen LogP contribution in [-0.4, -0.2) is 11.3 Å². The SMILES string of the molecule is N#CCc1ccc(Cl)nc1-c1ccc(OC(F)(F)F)cc1. The van der Waals surface area contributed by atoms with Gasteiger partial charge in [0.05, 0.1) is 18.2 Å². The first kappa shape index (κ1) is 15.1. The fraction of sp³-hybridized carbons (Fsp3) is 0.143. The molecule has 0 aliphatic heterocycles. The minimum atomic E-state index is -4.73. The Kier molecular flexibility index (Phi) is 4.34. The Morgan fingerprint density at radius 1 is 1.14 bits per heavy atom. The molecule has 0 fully saturated rings. The van der Waals surface area contributed by atoms with Gasteiger partial charge in [-0.15, -0.1) is 13.2 Å². The summed E-state index contributed by atoms with van der Waals surface area (Å²) in [6, 6.07) is 10.4. The summed E-state index contributed by atoms with van der Waals surface area (Å²) in [5, 5.41) is 9.01. The summed E-state index contributed by atoms with van der Waals surface area (Å²) in [4.78, 5) is 4.12. The average molecular weight is 313 g/mol. The van der Waals surface area contributed by atoms with Crippen LogP contribution in [0.4, 0.5) is 13.2 Å². The predicted molar refractivity (Wildman–Crippen MR) is 70.7 cm³/mol. The molecule has 7 heteroatoms. The molecule has 0 N–H and O–H groups in total. The van der Waals surface area contributed by atoms with E-state index >= 15 is 0 Å². The molecule has 3 nitrogen and oxygen atoms in total. The van der Waals surface area contributed by atoms with Crippen molar-refractivity contribution in [3.05, 3.63) is 47.1 Å². The fourth-order valence-electron chi connectivity index (χ4n) is 1.76. The van der Waals surface area contributed by atoms with E-state index in [0.29, 0.717) is 16.8 Å². The first-order chi connectivity index (χ1) is 9.89. The third kappa shape index (κ3) is 4.10. The second kappa shape index (κ2) is 6.02. The van der Waals surface area contributed by atoms with Crippen molar-refractivity contribution in [3.8, 4) is 23.1 Å². The number of hydrogen-bond donors (Lipinski definition) is 0. The first-order valence-corrected chi connectivity index (χ1v) is 6.15. The summed E-state index contributed by atoms with van der Waals surface area (Å²) in [7, 11) is 0. The number of rotatable bonds is 3. The maximum atomic E-state index is 12.1. The van der Waals surface area contributed by atoms with E-state index in [4.69, 9.17) is 16.9 Å². The molecule has 0 aliphatic rings. The summed E-state index contributed by atoms with van der Waals surface area (Å²) >= 11 is 5.82. The zero-order valence-corrected chi connectivity index (χ0v) is 11.2. The zero-order valence-electron chi connectivity index (χ0n) is 10.5. The van der Waals surface area contributed by atoms with Crippen LogP contribution < -0.4 is 4.74 Å². The van der Waals surface area contributed by atoms with Gasteiger partial charge in [0.2, 0.25) is 0 Å². The number of hydrogen-bond acceptors (Lipinski definition) is 3. The molecule has 1 aromatic carbocycles. The first-order valence-electron chi connectivity index (χ1n) is 5.77. The van der Waals surface area contributed by atoms with Gasteiger partial charge >= 0.3 is 6.36 Å². The summed E-state index contributed by atoms with van der Waals surface area (Å²) in [6.07, 6.45) is -4.61. The summed E-state index contributed by atoms with van der Waals surface area (Å²) in [5.41, 5.74) is 1.66. The molecule has 0 saturated carbocycles. The van der Waals surface area contributed by atoms with E-state index in [1.54, 1.807) is 12.1 Å². The quantitative estimate of drug-likeness (QED) is 0.791. The van der Waals surface area contributed by atoms with Crippen molar-refractivity contribution in [2.75, 3.05) is 0 Å². The predicted octanol–water partition coefficient (Wildman–Crippen LogP) is 4.37. The maximum Gasteiger partial charge on any atom is 0.573 e. The van der Waals surface area contributed by atoms with Crippen molar-refractivity contribution < 1.29 is 17.9 Å². The van der Waals surface area contributed by atoms with Crippen LogP contribution in [0.2, 0.25) is 5.15 Å². The highest BCUT2D eigenvalue weighted by molar-refractivity contribution is 6.29. The molecule has 1 heterocycles. The number of ether oxygens (including phenoxy) is 1. The molecule has 2 rings (SSSR count). The maximum absolute atomic E-state index is 12.1. The third-order valence-corrected chi connectivity index (χ3v) is 2.79. The van der Waals surface area contributed by atoms with Crippen LogP contribution in [0.1, 0.15) is 5.56 Å². The lowest BCUT2D eigenvalue weighted by Gasteiger charge is -2.10. The Labute approximate surface area is 123 Å². The van der Waals surface area contributed by atoms with Crippen LogP contribution in [0.15, 0.2) is 36.4 Å². The van der Waals surface area contributed by atoms with Crippen LogP contribution >= 0.6 is 11.6 Å². The van der Waals surface area contributed by atoms with Gasteiger partial charge < -0.3 is 4.74 Å². The number of alkyl halides is 3. The molecule has 0 spiro atoms. The molecule has 0 aliphatic carbocycles. The smallest absolute Gasteiger partial charge is 0.406 e. The normalized spacial score (nSPS) is 11.0. The highest BCUT2D eigenvalue weighted by Crippen LogP contribution is 2.28. The van der Waals surface area contributed by atoms with E-state index in [9.17, 15) is 13.2 Å². The number of nitrogens with zero attached hydrogens (tertiary/aromatic N) is 2. The molecule has 21 heavy (non-hydrogen) atoms. The van der Waals surface area contributed by atoms with Crippen LogP contribution in [0, 0.1) is 11.3 Å². The van der Waals surface area contributed by atoms with Crippen molar-refractivity contribution >= 4 is 11.6 Å². The lowest BCUT2D eigenvalue weighted by Crippen LogP contribution is -2.16.